The number of rotatable bonds is 5. The van der Waals surface area contributed by atoms with Gasteiger partial charge in [-0.1, -0.05) is 13.0 Å². The van der Waals surface area contributed by atoms with Gasteiger partial charge in [-0.05, 0) is 42.3 Å². The Balaban J connectivity index is 2.05. The Hall–Kier alpha value is -3.02. The van der Waals surface area contributed by atoms with Crippen LogP contribution in [0.3, 0.4) is 0 Å². The molecule has 0 radical (unpaired) electrons. The van der Waals surface area contributed by atoms with Crippen LogP contribution < -0.4 is 19.9 Å². The van der Waals surface area contributed by atoms with Crippen molar-refractivity contribution >= 4 is 21.6 Å². The van der Waals surface area contributed by atoms with Gasteiger partial charge in [0.1, 0.15) is 12.4 Å². The molecule has 7 nitrogen and oxygen atoms in total. The smallest absolute Gasteiger partial charge is 0.416 e. The molecule has 0 bridgehead atoms. The third-order valence-electron chi connectivity index (χ3n) is 5.23. The normalized spacial score (nSPS) is 19.3. The second-order valence-electron chi connectivity index (χ2n) is 7.59. The van der Waals surface area contributed by atoms with Crippen LogP contribution in [0.25, 0.3) is 0 Å². The molecule has 3 rings (SSSR count). The Morgan fingerprint density at radius 3 is 2.44 bits per heavy atom. The van der Waals surface area contributed by atoms with Crippen molar-refractivity contribution in [3.63, 3.8) is 0 Å². The van der Waals surface area contributed by atoms with Gasteiger partial charge in [0.15, 0.2) is 11.5 Å². The highest BCUT2D eigenvalue weighted by molar-refractivity contribution is 7.92. The van der Waals surface area contributed by atoms with E-state index in [1.807, 2.05) is 0 Å². The number of anilines is 1. The number of fused-ring (bicyclic) bond motifs is 1. The summed E-state index contributed by atoms with van der Waals surface area (Å²) in [5.74, 6) is -3.42. The second-order valence-corrected chi connectivity index (χ2v) is 9.34. The average Bonchev–Trinajstić information content (AvgIpc) is 2.67. The van der Waals surface area contributed by atoms with E-state index in [-0.39, 0.29) is 22.7 Å². The number of halogens is 4. The molecule has 0 saturated heterocycles. The van der Waals surface area contributed by atoms with E-state index in [4.69, 9.17) is 15.2 Å². The number of alkyl halides is 3. The Kier molecular flexibility index (Phi) is 5.79. The van der Waals surface area contributed by atoms with E-state index >= 15 is 0 Å². The van der Waals surface area contributed by atoms with Crippen LogP contribution in [0.4, 0.5) is 23.2 Å². The highest BCUT2D eigenvalue weighted by Gasteiger charge is 2.50. The minimum absolute atomic E-state index is 0.00458. The molecule has 12 heteroatoms. The lowest BCUT2D eigenvalue weighted by molar-refractivity contribution is -0.141. The maximum absolute atomic E-state index is 14.9. The number of carbonyl (C=O) groups is 1. The first kappa shape index (κ1) is 23.6. The number of carbonyl (C=O) groups excluding carboxylic acids is 1. The zero-order valence-corrected chi connectivity index (χ0v) is 18.0. The fourth-order valence-corrected chi connectivity index (χ4v) is 4.06. The average molecular weight is 476 g/mol. The zero-order chi connectivity index (χ0) is 24.1. The summed E-state index contributed by atoms with van der Waals surface area (Å²) in [6.07, 6.45) is -3.76. The number of aryl methyl sites for hydroxylation is 1. The summed E-state index contributed by atoms with van der Waals surface area (Å²) in [4.78, 5) is 12.4. The number of amides is 1. The van der Waals surface area contributed by atoms with Crippen molar-refractivity contribution in [3.8, 4) is 11.5 Å². The standard InChI is InChI=1S/C20H20F4N2O5S/c1-10-6-13(14(21)8-15(10)26-32(3,28)29)11(2)19(18(25)27)9-30-16-5-4-12(20(22,23)24)7-17(16)31-19/h4-8,11,26H,9H2,1-3H3,(H2,25,27)/t11-,19?/m1/s1. The molecule has 0 fully saturated rings. The van der Waals surface area contributed by atoms with Crippen LogP contribution in [0.5, 0.6) is 11.5 Å². The largest absolute Gasteiger partial charge is 0.485 e. The molecule has 1 amide bonds. The van der Waals surface area contributed by atoms with E-state index < -0.39 is 51.6 Å². The summed E-state index contributed by atoms with van der Waals surface area (Å²) in [5.41, 5.74) is 2.78. The van der Waals surface area contributed by atoms with Gasteiger partial charge < -0.3 is 15.2 Å². The van der Waals surface area contributed by atoms with Gasteiger partial charge in [0.2, 0.25) is 15.6 Å². The predicted molar refractivity (Wildman–Crippen MR) is 108 cm³/mol. The summed E-state index contributed by atoms with van der Waals surface area (Å²) in [6.45, 7) is 2.46. The minimum atomic E-state index is -4.66. The number of sulfonamides is 1. The lowest BCUT2D eigenvalue weighted by Crippen LogP contribution is -2.58. The molecule has 0 saturated carbocycles. The first-order chi connectivity index (χ1) is 14.6. The molecule has 174 valence electrons. The SMILES string of the molecule is Cc1cc([C@@H](C)C2(C(N)=O)COc3ccc(C(F)(F)F)cc3O2)c(F)cc1NS(C)(=O)=O. The van der Waals surface area contributed by atoms with Gasteiger partial charge in [-0.25, -0.2) is 12.8 Å². The third kappa shape index (κ3) is 4.45. The zero-order valence-electron chi connectivity index (χ0n) is 17.2. The van der Waals surface area contributed by atoms with Gasteiger partial charge in [-0.3, -0.25) is 9.52 Å². The summed E-state index contributed by atoms with van der Waals surface area (Å²) in [5, 5.41) is 0. The van der Waals surface area contributed by atoms with Crippen LogP contribution >= 0.6 is 0 Å². The van der Waals surface area contributed by atoms with Crippen LogP contribution in [0, 0.1) is 12.7 Å². The Morgan fingerprint density at radius 2 is 1.88 bits per heavy atom. The van der Waals surface area contributed by atoms with Crippen molar-refractivity contribution in [1.29, 1.82) is 0 Å². The third-order valence-corrected chi connectivity index (χ3v) is 5.82. The summed E-state index contributed by atoms with van der Waals surface area (Å²) < 4.78 is 90.5. The lowest BCUT2D eigenvalue weighted by atomic mass is 9.81. The first-order valence-corrected chi connectivity index (χ1v) is 11.1. The molecule has 2 atom stereocenters. The summed E-state index contributed by atoms with van der Waals surface area (Å²) in [6, 6.07) is 4.79. The number of nitrogens with two attached hydrogens (primary N) is 1. The Labute approximate surface area is 181 Å². The van der Waals surface area contributed by atoms with Crippen molar-refractivity contribution in [2.45, 2.75) is 31.5 Å². The highest BCUT2D eigenvalue weighted by atomic mass is 32.2. The number of hydrogen-bond acceptors (Lipinski definition) is 5. The van der Waals surface area contributed by atoms with E-state index in [2.05, 4.69) is 4.72 Å². The molecule has 2 aromatic carbocycles. The quantitative estimate of drug-likeness (QED) is 0.644. The van der Waals surface area contributed by atoms with Crippen LogP contribution in [-0.2, 0) is 21.0 Å². The summed E-state index contributed by atoms with van der Waals surface area (Å²) in [7, 11) is -3.67. The molecule has 32 heavy (non-hydrogen) atoms. The molecular weight excluding hydrogens is 456 g/mol. The molecule has 0 aliphatic carbocycles. The van der Waals surface area contributed by atoms with E-state index in [9.17, 15) is 30.8 Å². The molecule has 3 N–H and O–H groups in total. The number of benzene rings is 2. The molecular formula is C20H20F4N2O5S. The fourth-order valence-electron chi connectivity index (χ4n) is 3.44. The molecule has 1 aliphatic heterocycles. The van der Waals surface area contributed by atoms with Crippen molar-refractivity contribution in [1.82, 2.24) is 0 Å². The molecule has 0 aromatic heterocycles. The van der Waals surface area contributed by atoms with Crippen LogP contribution in [0.1, 0.15) is 29.5 Å². The van der Waals surface area contributed by atoms with E-state index in [1.165, 1.54) is 19.9 Å². The fraction of sp³-hybridized carbons (Fsp3) is 0.350. The van der Waals surface area contributed by atoms with Crippen molar-refractivity contribution in [2.75, 3.05) is 17.6 Å². The van der Waals surface area contributed by atoms with Gasteiger partial charge in [-0.15, -0.1) is 0 Å². The second kappa shape index (κ2) is 7.84. The highest BCUT2D eigenvalue weighted by Crippen LogP contribution is 2.44. The van der Waals surface area contributed by atoms with Gasteiger partial charge in [-0.2, -0.15) is 13.2 Å². The number of primary amides is 1. The van der Waals surface area contributed by atoms with Crippen molar-refractivity contribution in [2.24, 2.45) is 5.73 Å². The van der Waals surface area contributed by atoms with E-state index in [1.54, 1.807) is 0 Å². The number of ether oxygens (including phenoxy) is 2. The van der Waals surface area contributed by atoms with E-state index in [0.717, 1.165) is 24.5 Å². The maximum atomic E-state index is 14.9. The molecule has 1 aliphatic rings. The number of nitrogens with one attached hydrogen (secondary N) is 1. The van der Waals surface area contributed by atoms with Gasteiger partial charge in [0.05, 0.1) is 17.5 Å². The molecule has 2 aromatic rings. The lowest BCUT2D eigenvalue weighted by Gasteiger charge is -2.40. The minimum Gasteiger partial charge on any atom is -0.485 e. The summed E-state index contributed by atoms with van der Waals surface area (Å²) >= 11 is 0. The van der Waals surface area contributed by atoms with Crippen molar-refractivity contribution < 1.29 is 40.2 Å². The van der Waals surface area contributed by atoms with Crippen LogP contribution in [-0.4, -0.2) is 32.8 Å². The molecule has 1 unspecified atom stereocenters. The maximum Gasteiger partial charge on any atom is 0.416 e. The Bertz CT molecular complexity index is 1180. The van der Waals surface area contributed by atoms with Crippen molar-refractivity contribution in [3.05, 3.63) is 52.8 Å². The molecule has 0 spiro atoms. The van der Waals surface area contributed by atoms with Crippen LogP contribution in [0.15, 0.2) is 30.3 Å². The number of hydrogen-bond donors (Lipinski definition) is 2. The topological polar surface area (TPSA) is 108 Å². The monoisotopic (exact) mass is 476 g/mol. The predicted octanol–water partition coefficient (Wildman–Crippen LogP) is 3.32. The first-order valence-electron chi connectivity index (χ1n) is 9.25. The van der Waals surface area contributed by atoms with E-state index in [0.29, 0.717) is 11.6 Å². The van der Waals surface area contributed by atoms with Gasteiger partial charge >= 0.3 is 6.18 Å². The van der Waals surface area contributed by atoms with Crippen LogP contribution in [0.2, 0.25) is 0 Å². The van der Waals surface area contributed by atoms with Gasteiger partial charge in [0, 0.05) is 5.92 Å². The Morgan fingerprint density at radius 1 is 1.22 bits per heavy atom. The van der Waals surface area contributed by atoms with Gasteiger partial charge in [0.25, 0.3) is 5.91 Å². The molecule has 1 heterocycles.